The fraction of sp³-hybridized carbons (Fsp3) is 0.941. The van der Waals surface area contributed by atoms with E-state index < -0.39 is 5.54 Å². The fourth-order valence-electron chi connectivity index (χ4n) is 3.28. The minimum absolute atomic E-state index is 0.203. The number of carbonyl (C=O) groups is 1. The Morgan fingerprint density at radius 3 is 2.62 bits per heavy atom. The van der Waals surface area contributed by atoms with Crippen LogP contribution < -0.4 is 5.73 Å². The fourth-order valence-corrected chi connectivity index (χ4v) is 3.28. The molecule has 4 nitrogen and oxygen atoms in total. The van der Waals surface area contributed by atoms with E-state index in [0.717, 1.165) is 38.7 Å². The summed E-state index contributed by atoms with van der Waals surface area (Å²) in [5, 5.41) is 0. The molecule has 0 aromatic heterocycles. The molecule has 0 radical (unpaired) electrons. The number of ether oxygens (including phenoxy) is 2. The zero-order valence-corrected chi connectivity index (χ0v) is 13.9. The summed E-state index contributed by atoms with van der Waals surface area (Å²) in [4.78, 5) is 11.8. The predicted octanol–water partition coefficient (Wildman–Crippen LogP) is 3.42. The molecule has 4 heteroatoms. The Morgan fingerprint density at radius 2 is 1.90 bits per heavy atom. The van der Waals surface area contributed by atoms with Crippen molar-refractivity contribution in [1.82, 2.24) is 0 Å². The summed E-state index contributed by atoms with van der Waals surface area (Å²) >= 11 is 0. The van der Waals surface area contributed by atoms with Gasteiger partial charge < -0.3 is 15.2 Å². The Morgan fingerprint density at radius 1 is 1.19 bits per heavy atom. The van der Waals surface area contributed by atoms with Crippen LogP contribution in [0.1, 0.15) is 71.1 Å². The van der Waals surface area contributed by atoms with Gasteiger partial charge in [-0.05, 0) is 31.6 Å². The normalized spacial score (nSPS) is 25.2. The number of hydrogen-bond donors (Lipinski definition) is 1. The highest BCUT2D eigenvalue weighted by atomic mass is 16.5. The second-order valence-corrected chi connectivity index (χ2v) is 6.29. The molecule has 0 aliphatic heterocycles. The zero-order chi connectivity index (χ0) is 15.6. The molecule has 0 amide bonds. The van der Waals surface area contributed by atoms with Gasteiger partial charge in [0.15, 0.2) is 0 Å². The summed E-state index contributed by atoms with van der Waals surface area (Å²) in [6.45, 7) is 3.77. The summed E-state index contributed by atoms with van der Waals surface area (Å²) < 4.78 is 10.6. The van der Waals surface area contributed by atoms with Crippen LogP contribution in [0.5, 0.6) is 0 Å². The molecule has 1 aliphatic carbocycles. The maximum Gasteiger partial charge on any atom is 0.326 e. The highest BCUT2D eigenvalue weighted by Crippen LogP contribution is 2.36. The lowest BCUT2D eigenvalue weighted by Gasteiger charge is -2.28. The smallest absolute Gasteiger partial charge is 0.326 e. The van der Waals surface area contributed by atoms with Crippen LogP contribution in [0, 0.1) is 5.92 Å². The molecule has 0 heterocycles. The SMILES string of the molecule is CCCCCCCCOCCC1CCCC1(N)C(=O)OC. The number of rotatable bonds is 11. The maximum atomic E-state index is 11.8. The Labute approximate surface area is 129 Å². The van der Waals surface area contributed by atoms with Gasteiger partial charge in [-0.25, -0.2) is 0 Å². The first kappa shape index (κ1) is 18.4. The van der Waals surface area contributed by atoms with Crippen molar-refractivity contribution < 1.29 is 14.3 Å². The van der Waals surface area contributed by atoms with Crippen molar-refractivity contribution in [3.8, 4) is 0 Å². The molecule has 2 atom stereocenters. The summed E-state index contributed by atoms with van der Waals surface area (Å²) in [7, 11) is 1.42. The van der Waals surface area contributed by atoms with E-state index in [-0.39, 0.29) is 11.9 Å². The van der Waals surface area contributed by atoms with Crippen LogP contribution in [-0.4, -0.2) is 31.8 Å². The van der Waals surface area contributed by atoms with Gasteiger partial charge in [0.25, 0.3) is 0 Å². The molecule has 0 bridgehead atoms. The van der Waals surface area contributed by atoms with Crippen molar-refractivity contribution in [3.05, 3.63) is 0 Å². The van der Waals surface area contributed by atoms with E-state index in [9.17, 15) is 4.79 Å². The molecule has 1 rings (SSSR count). The number of esters is 1. The quantitative estimate of drug-likeness (QED) is 0.469. The lowest BCUT2D eigenvalue weighted by molar-refractivity contribution is -0.148. The Balaban J connectivity index is 2.08. The van der Waals surface area contributed by atoms with Gasteiger partial charge in [0, 0.05) is 13.2 Å². The van der Waals surface area contributed by atoms with Crippen LogP contribution in [0.15, 0.2) is 0 Å². The molecule has 124 valence electrons. The van der Waals surface area contributed by atoms with Crippen LogP contribution >= 0.6 is 0 Å². The molecule has 1 saturated carbocycles. The minimum atomic E-state index is -0.780. The standard InChI is InChI=1S/C17H33NO3/c1-3-4-5-6-7-8-13-21-14-11-15-10-9-12-17(15,18)16(19)20-2/h15H,3-14,18H2,1-2H3. The van der Waals surface area contributed by atoms with Crippen molar-refractivity contribution in [3.63, 3.8) is 0 Å². The third-order valence-electron chi connectivity index (χ3n) is 4.69. The van der Waals surface area contributed by atoms with Gasteiger partial charge in [-0.1, -0.05) is 45.4 Å². The first-order valence-electron chi connectivity index (χ1n) is 8.60. The Kier molecular flexibility index (Phi) is 8.93. The van der Waals surface area contributed by atoms with Crippen molar-refractivity contribution in [2.24, 2.45) is 11.7 Å². The van der Waals surface area contributed by atoms with E-state index in [1.807, 2.05) is 0 Å². The van der Waals surface area contributed by atoms with Gasteiger partial charge in [-0.2, -0.15) is 0 Å². The number of methoxy groups -OCH3 is 1. The van der Waals surface area contributed by atoms with Crippen molar-refractivity contribution in [2.45, 2.75) is 76.7 Å². The lowest BCUT2D eigenvalue weighted by atomic mass is 9.86. The molecule has 0 aromatic rings. The first-order valence-corrected chi connectivity index (χ1v) is 8.60. The third-order valence-corrected chi connectivity index (χ3v) is 4.69. The van der Waals surface area contributed by atoms with E-state index >= 15 is 0 Å². The molecule has 0 saturated heterocycles. The van der Waals surface area contributed by atoms with Crippen LogP contribution in [0.4, 0.5) is 0 Å². The van der Waals surface area contributed by atoms with Gasteiger partial charge in [-0.15, -0.1) is 0 Å². The van der Waals surface area contributed by atoms with E-state index in [2.05, 4.69) is 6.92 Å². The maximum absolute atomic E-state index is 11.8. The first-order chi connectivity index (χ1) is 10.1. The molecule has 2 unspecified atom stereocenters. The van der Waals surface area contributed by atoms with Crippen molar-refractivity contribution in [2.75, 3.05) is 20.3 Å². The van der Waals surface area contributed by atoms with Crippen LogP contribution in [-0.2, 0) is 14.3 Å². The van der Waals surface area contributed by atoms with Gasteiger partial charge in [-0.3, -0.25) is 4.79 Å². The van der Waals surface area contributed by atoms with Crippen LogP contribution in [0.3, 0.4) is 0 Å². The van der Waals surface area contributed by atoms with Crippen LogP contribution in [0.25, 0.3) is 0 Å². The van der Waals surface area contributed by atoms with Gasteiger partial charge in [0.05, 0.1) is 7.11 Å². The second-order valence-electron chi connectivity index (χ2n) is 6.29. The summed E-state index contributed by atoms with van der Waals surface area (Å²) in [5.74, 6) is -0.0598. The van der Waals surface area contributed by atoms with Crippen LogP contribution in [0.2, 0.25) is 0 Å². The molecule has 0 spiro atoms. The highest BCUT2D eigenvalue weighted by molar-refractivity contribution is 5.81. The largest absolute Gasteiger partial charge is 0.468 e. The Hall–Kier alpha value is -0.610. The van der Waals surface area contributed by atoms with E-state index in [1.54, 1.807) is 0 Å². The summed E-state index contributed by atoms with van der Waals surface area (Å²) in [6, 6.07) is 0. The van der Waals surface area contributed by atoms with Gasteiger partial charge >= 0.3 is 5.97 Å². The van der Waals surface area contributed by atoms with Gasteiger partial charge in [0.1, 0.15) is 5.54 Å². The number of carbonyl (C=O) groups excluding carboxylic acids is 1. The molecule has 0 aromatic carbocycles. The molecule has 21 heavy (non-hydrogen) atoms. The van der Waals surface area contributed by atoms with E-state index in [4.69, 9.17) is 15.2 Å². The number of nitrogens with two attached hydrogens (primary N) is 1. The zero-order valence-electron chi connectivity index (χ0n) is 13.9. The predicted molar refractivity (Wildman–Crippen MR) is 85.1 cm³/mol. The molecular formula is C17H33NO3. The van der Waals surface area contributed by atoms with E-state index in [0.29, 0.717) is 6.61 Å². The average molecular weight is 299 g/mol. The summed E-state index contributed by atoms with van der Waals surface area (Å²) in [6.07, 6.45) is 11.3. The third kappa shape index (κ3) is 5.95. The molecule has 1 aliphatic rings. The minimum Gasteiger partial charge on any atom is -0.468 e. The Bertz CT molecular complexity index is 296. The summed E-state index contributed by atoms with van der Waals surface area (Å²) in [5.41, 5.74) is 5.46. The monoisotopic (exact) mass is 299 g/mol. The number of unbranched alkanes of at least 4 members (excludes halogenated alkanes) is 5. The van der Waals surface area contributed by atoms with Crippen molar-refractivity contribution in [1.29, 1.82) is 0 Å². The molecule has 2 N–H and O–H groups in total. The molecule has 1 fully saturated rings. The van der Waals surface area contributed by atoms with Gasteiger partial charge in [0.2, 0.25) is 0 Å². The second kappa shape index (κ2) is 10.2. The van der Waals surface area contributed by atoms with E-state index in [1.165, 1.54) is 39.2 Å². The average Bonchev–Trinajstić information content (AvgIpc) is 2.87. The molecular weight excluding hydrogens is 266 g/mol. The number of hydrogen-bond acceptors (Lipinski definition) is 4. The highest BCUT2D eigenvalue weighted by Gasteiger charge is 2.46. The topological polar surface area (TPSA) is 61.5 Å². The lowest BCUT2D eigenvalue weighted by Crippen LogP contribution is -2.51. The van der Waals surface area contributed by atoms with Crippen molar-refractivity contribution >= 4 is 5.97 Å².